The van der Waals surface area contributed by atoms with Crippen LogP contribution in [0.3, 0.4) is 0 Å². The zero-order valence-electron chi connectivity index (χ0n) is 10.7. The fraction of sp³-hybridized carbons (Fsp3) is 0.923. The molecule has 0 unspecified atom stereocenters. The van der Waals surface area contributed by atoms with Gasteiger partial charge in [-0.25, -0.2) is 0 Å². The lowest BCUT2D eigenvalue weighted by atomic mass is 10.0. The van der Waals surface area contributed by atoms with Gasteiger partial charge in [-0.2, -0.15) is 0 Å². The normalized spacial score (nSPS) is 18.4. The molecule has 0 N–H and O–H groups in total. The average Bonchev–Trinajstić information content (AvgIpc) is 2.31. The zero-order chi connectivity index (χ0) is 11.7. The van der Waals surface area contributed by atoms with E-state index in [0.29, 0.717) is 6.47 Å². The lowest BCUT2D eigenvalue weighted by Crippen LogP contribution is -2.17. The molecule has 0 aromatic carbocycles. The second-order valence-electron chi connectivity index (χ2n) is 5.42. The SMILES string of the molecule is CC(C)(C)OC=O.CC1CCCCCC1. The van der Waals surface area contributed by atoms with Gasteiger partial charge >= 0.3 is 0 Å². The van der Waals surface area contributed by atoms with Crippen molar-refractivity contribution in [3.05, 3.63) is 0 Å². The van der Waals surface area contributed by atoms with E-state index < -0.39 is 0 Å². The molecule has 1 rings (SSSR count). The van der Waals surface area contributed by atoms with Gasteiger partial charge in [0.25, 0.3) is 6.47 Å². The molecule has 0 bridgehead atoms. The third-order valence-electron chi connectivity index (χ3n) is 2.55. The van der Waals surface area contributed by atoms with Gasteiger partial charge in [-0.05, 0) is 26.7 Å². The molecule has 90 valence electrons. The quantitative estimate of drug-likeness (QED) is 0.488. The Morgan fingerprint density at radius 2 is 1.53 bits per heavy atom. The fourth-order valence-corrected chi connectivity index (χ4v) is 1.63. The highest BCUT2D eigenvalue weighted by Gasteiger charge is 2.07. The van der Waals surface area contributed by atoms with Crippen LogP contribution < -0.4 is 0 Å². The summed E-state index contributed by atoms with van der Waals surface area (Å²) in [5, 5.41) is 0. The number of hydrogen-bond donors (Lipinski definition) is 0. The number of ether oxygens (including phenoxy) is 1. The van der Waals surface area contributed by atoms with E-state index in [2.05, 4.69) is 11.7 Å². The summed E-state index contributed by atoms with van der Waals surface area (Å²) in [6, 6.07) is 0. The molecule has 0 aromatic rings. The summed E-state index contributed by atoms with van der Waals surface area (Å²) < 4.78 is 4.55. The molecule has 1 saturated carbocycles. The molecule has 0 aromatic heterocycles. The molecule has 0 spiro atoms. The van der Waals surface area contributed by atoms with Crippen LogP contribution in [0.1, 0.15) is 66.2 Å². The minimum Gasteiger partial charge on any atom is -0.462 e. The Morgan fingerprint density at radius 3 is 1.80 bits per heavy atom. The molecular weight excluding hydrogens is 188 g/mol. The van der Waals surface area contributed by atoms with Gasteiger partial charge in [-0.3, -0.25) is 4.79 Å². The summed E-state index contributed by atoms with van der Waals surface area (Å²) >= 11 is 0. The van der Waals surface area contributed by atoms with Crippen molar-refractivity contribution in [1.29, 1.82) is 0 Å². The minimum absolute atomic E-state index is 0.318. The Kier molecular flexibility index (Phi) is 7.45. The highest BCUT2D eigenvalue weighted by atomic mass is 16.5. The molecule has 0 radical (unpaired) electrons. The summed E-state index contributed by atoms with van der Waals surface area (Å²) in [4.78, 5) is 9.60. The molecule has 0 saturated heterocycles. The molecule has 1 fully saturated rings. The van der Waals surface area contributed by atoms with Gasteiger partial charge < -0.3 is 4.74 Å². The summed E-state index contributed by atoms with van der Waals surface area (Å²) in [5.74, 6) is 1.03. The predicted octanol–water partition coefficient (Wildman–Crippen LogP) is 3.93. The summed E-state index contributed by atoms with van der Waals surface area (Å²) in [5.41, 5.74) is -0.318. The second kappa shape index (κ2) is 7.72. The highest BCUT2D eigenvalue weighted by molar-refractivity contribution is 5.37. The molecule has 2 heteroatoms. The first-order valence-corrected chi connectivity index (χ1v) is 6.07. The zero-order valence-corrected chi connectivity index (χ0v) is 10.7. The smallest absolute Gasteiger partial charge is 0.293 e. The maximum Gasteiger partial charge on any atom is 0.293 e. The van der Waals surface area contributed by atoms with Crippen LogP contribution in [0.4, 0.5) is 0 Å². The van der Waals surface area contributed by atoms with Gasteiger partial charge in [0.15, 0.2) is 0 Å². The molecule has 15 heavy (non-hydrogen) atoms. The molecular formula is C13H26O2. The first-order chi connectivity index (χ1) is 6.95. The van der Waals surface area contributed by atoms with Crippen LogP contribution in [0.2, 0.25) is 0 Å². The Hall–Kier alpha value is -0.530. The summed E-state index contributed by atoms with van der Waals surface area (Å²) in [7, 11) is 0. The average molecular weight is 214 g/mol. The van der Waals surface area contributed by atoms with Crippen LogP contribution in [0.5, 0.6) is 0 Å². The number of rotatable bonds is 1. The molecule has 0 heterocycles. The summed E-state index contributed by atoms with van der Waals surface area (Å²) in [6.45, 7) is 8.30. The van der Waals surface area contributed by atoms with Crippen molar-refractivity contribution < 1.29 is 9.53 Å². The Bertz CT molecular complexity index is 150. The fourth-order valence-electron chi connectivity index (χ4n) is 1.63. The van der Waals surface area contributed by atoms with E-state index in [9.17, 15) is 4.79 Å². The third kappa shape index (κ3) is 11.4. The maximum absolute atomic E-state index is 9.60. The van der Waals surface area contributed by atoms with Crippen LogP contribution >= 0.6 is 0 Å². The topological polar surface area (TPSA) is 26.3 Å². The van der Waals surface area contributed by atoms with Crippen molar-refractivity contribution in [2.24, 2.45) is 5.92 Å². The molecule has 0 aliphatic heterocycles. The number of carbonyl (C=O) groups is 1. The van der Waals surface area contributed by atoms with Gasteiger partial charge in [0, 0.05) is 0 Å². The predicted molar refractivity (Wildman–Crippen MR) is 63.8 cm³/mol. The monoisotopic (exact) mass is 214 g/mol. The lowest BCUT2D eigenvalue weighted by Gasteiger charge is -2.14. The van der Waals surface area contributed by atoms with E-state index in [1.807, 2.05) is 20.8 Å². The van der Waals surface area contributed by atoms with Gasteiger partial charge in [0.2, 0.25) is 0 Å². The minimum atomic E-state index is -0.318. The van der Waals surface area contributed by atoms with E-state index in [1.165, 1.54) is 38.5 Å². The van der Waals surface area contributed by atoms with Crippen LogP contribution in [0, 0.1) is 5.92 Å². The number of hydrogen-bond acceptors (Lipinski definition) is 2. The highest BCUT2D eigenvalue weighted by Crippen LogP contribution is 2.21. The van der Waals surface area contributed by atoms with Crippen LogP contribution in [-0.4, -0.2) is 12.1 Å². The number of carbonyl (C=O) groups excluding carboxylic acids is 1. The van der Waals surface area contributed by atoms with Gasteiger partial charge in [-0.1, -0.05) is 45.4 Å². The molecule has 0 amide bonds. The van der Waals surface area contributed by atoms with Crippen LogP contribution in [0.15, 0.2) is 0 Å². The Balaban J connectivity index is 0.000000265. The van der Waals surface area contributed by atoms with Crippen LogP contribution in [-0.2, 0) is 9.53 Å². The first kappa shape index (κ1) is 14.5. The Labute approximate surface area is 94.4 Å². The molecule has 1 aliphatic carbocycles. The van der Waals surface area contributed by atoms with E-state index in [4.69, 9.17) is 0 Å². The Morgan fingerprint density at radius 1 is 1.07 bits per heavy atom. The van der Waals surface area contributed by atoms with Crippen LogP contribution in [0.25, 0.3) is 0 Å². The van der Waals surface area contributed by atoms with Gasteiger partial charge in [0.05, 0.1) is 0 Å². The third-order valence-corrected chi connectivity index (χ3v) is 2.55. The molecule has 2 nitrogen and oxygen atoms in total. The van der Waals surface area contributed by atoms with Crippen molar-refractivity contribution in [2.45, 2.75) is 71.8 Å². The summed E-state index contributed by atoms with van der Waals surface area (Å²) in [6.07, 6.45) is 8.93. The van der Waals surface area contributed by atoms with Crippen molar-refractivity contribution in [3.8, 4) is 0 Å². The lowest BCUT2D eigenvalue weighted by molar-refractivity contribution is -0.138. The van der Waals surface area contributed by atoms with Crippen molar-refractivity contribution in [3.63, 3.8) is 0 Å². The standard InChI is InChI=1S/C8H16.C5H10O2/c1-8-6-4-2-3-5-7-8;1-5(2,3)7-4-6/h8H,2-7H2,1H3;4H,1-3H3. The second-order valence-corrected chi connectivity index (χ2v) is 5.42. The molecule has 1 aliphatic rings. The van der Waals surface area contributed by atoms with Gasteiger partial charge in [-0.15, -0.1) is 0 Å². The first-order valence-electron chi connectivity index (χ1n) is 6.07. The van der Waals surface area contributed by atoms with Gasteiger partial charge in [0.1, 0.15) is 5.60 Å². The van der Waals surface area contributed by atoms with Crippen molar-refractivity contribution >= 4 is 6.47 Å². The van der Waals surface area contributed by atoms with Crippen molar-refractivity contribution in [2.75, 3.05) is 0 Å². The van der Waals surface area contributed by atoms with Crippen molar-refractivity contribution in [1.82, 2.24) is 0 Å². The van der Waals surface area contributed by atoms with E-state index >= 15 is 0 Å². The van der Waals surface area contributed by atoms with E-state index in [0.717, 1.165) is 5.92 Å². The molecule has 0 atom stereocenters. The largest absolute Gasteiger partial charge is 0.462 e. The van der Waals surface area contributed by atoms with E-state index in [1.54, 1.807) is 0 Å². The van der Waals surface area contributed by atoms with E-state index in [-0.39, 0.29) is 5.60 Å². The maximum atomic E-state index is 9.60.